The van der Waals surface area contributed by atoms with E-state index in [-0.39, 0.29) is 24.9 Å². The molecule has 3 N–H and O–H groups in total. The van der Waals surface area contributed by atoms with Gasteiger partial charge < -0.3 is 20.3 Å². The van der Waals surface area contributed by atoms with Crippen molar-refractivity contribution in [1.29, 1.82) is 0 Å². The van der Waals surface area contributed by atoms with E-state index < -0.39 is 18.2 Å². The molecule has 0 aliphatic heterocycles. The summed E-state index contributed by atoms with van der Waals surface area (Å²) in [4.78, 5) is 26.1. The smallest absolute Gasteiger partial charge is 0.306 e. The Morgan fingerprint density at radius 2 is 0.833 bits per heavy atom. The Labute approximate surface area is 373 Å². The van der Waals surface area contributed by atoms with Gasteiger partial charge in [-0.1, -0.05) is 244 Å². The van der Waals surface area contributed by atoms with Crippen LogP contribution in [0.25, 0.3) is 0 Å². The van der Waals surface area contributed by atoms with Crippen LogP contribution in [0.2, 0.25) is 0 Å². The zero-order valence-electron chi connectivity index (χ0n) is 40.4. The normalized spacial score (nSPS) is 13.3. The zero-order chi connectivity index (χ0) is 43.8. The van der Waals surface area contributed by atoms with Crippen LogP contribution >= 0.6 is 0 Å². The van der Waals surface area contributed by atoms with Crippen molar-refractivity contribution in [3.05, 3.63) is 24.3 Å². The van der Waals surface area contributed by atoms with Gasteiger partial charge in [-0.25, -0.2) is 0 Å². The van der Waals surface area contributed by atoms with Gasteiger partial charge in [0.05, 0.1) is 25.2 Å². The largest absolute Gasteiger partial charge is 0.462 e. The van der Waals surface area contributed by atoms with Gasteiger partial charge in [-0.15, -0.1) is 0 Å². The predicted molar refractivity (Wildman–Crippen MR) is 260 cm³/mol. The lowest BCUT2D eigenvalue weighted by Gasteiger charge is -2.24. The van der Waals surface area contributed by atoms with Crippen LogP contribution in [0.15, 0.2) is 24.3 Å². The number of allylic oxidation sites excluding steroid dienone is 4. The molecule has 60 heavy (non-hydrogen) atoms. The summed E-state index contributed by atoms with van der Waals surface area (Å²) in [7, 11) is 0. The molecule has 0 bridgehead atoms. The molecule has 0 rings (SSSR count). The summed E-state index contributed by atoms with van der Waals surface area (Å²) in [6.07, 6.45) is 55.2. The van der Waals surface area contributed by atoms with Gasteiger partial charge in [0.2, 0.25) is 5.91 Å². The van der Waals surface area contributed by atoms with E-state index in [1.807, 2.05) is 0 Å². The van der Waals surface area contributed by atoms with E-state index in [1.165, 1.54) is 167 Å². The van der Waals surface area contributed by atoms with Crippen molar-refractivity contribution in [2.24, 2.45) is 0 Å². The molecule has 0 heterocycles. The first-order valence-corrected chi connectivity index (χ1v) is 26.6. The number of unbranched alkanes of at least 4 members (excludes halogenated alkanes) is 33. The van der Waals surface area contributed by atoms with Crippen LogP contribution in [-0.2, 0) is 14.3 Å². The molecule has 0 aromatic rings. The lowest BCUT2D eigenvalue weighted by molar-refractivity contribution is -0.151. The van der Waals surface area contributed by atoms with Gasteiger partial charge in [-0.05, 0) is 51.4 Å². The summed E-state index contributed by atoms with van der Waals surface area (Å²) in [6, 6.07) is -0.703. The quantitative estimate of drug-likeness (QED) is 0.0322. The van der Waals surface area contributed by atoms with Crippen molar-refractivity contribution >= 4 is 11.9 Å². The topological polar surface area (TPSA) is 95.9 Å². The van der Waals surface area contributed by atoms with E-state index in [0.29, 0.717) is 19.3 Å². The number of hydrogen-bond acceptors (Lipinski definition) is 5. The summed E-state index contributed by atoms with van der Waals surface area (Å²) >= 11 is 0. The van der Waals surface area contributed by atoms with Gasteiger partial charge in [0.25, 0.3) is 0 Å². The second-order valence-corrected chi connectivity index (χ2v) is 18.3. The standard InChI is InChI=1S/C54H103NO5/c1-4-7-10-13-16-19-22-25-26-29-31-34-37-40-43-46-52(57)51(49-56)55-53(58)48-50(45-42-39-36-33-30-27-23-20-17-14-11-8-5-2)60-54(59)47-44-41-38-35-32-28-24-21-18-15-12-9-6-3/h17,20,23,27,50-52,56-57H,4-16,18-19,21-22,24-26,28-49H2,1-3H3,(H,55,58)/b20-17+,27-23+. The summed E-state index contributed by atoms with van der Waals surface area (Å²) in [6.45, 7) is 6.47. The van der Waals surface area contributed by atoms with Crippen LogP contribution in [0.3, 0.4) is 0 Å². The van der Waals surface area contributed by atoms with E-state index in [0.717, 1.165) is 70.6 Å². The number of rotatable bonds is 48. The molecule has 0 radical (unpaired) electrons. The zero-order valence-corrected chi connectivity index (χ0v) is 40.4. The first-order valence-electron chi connectivity index (χ1n) is 26.6. The minimum Gasteiger partial charge on any atom is -0.462 e. The van der Waals surface area contributed by atoms with Crippen molar-refractivity contribution < 1.29 is 24.5 Å². The third-order valence-electron chi connectivity index (χ3n) is 12.3. The van der Waals surface area contributed by atoms with E-state index in [9.17, 15) is 19.8 Å². The van der Waals surface area contributed by atoms with Crippen LogP contribution in [0.1, 0.15) is 284 Å². The number of carbonyl (C=O) groups is 2. The molecule has 0 aliphatic rings. The molecular weight excluding hydrogens is 743 g/mol. The molecule has 0 saturated carbocycles. The number of ether oxygens (including phenoxy) is 1. The van der Waals surface area contributed by atoms with Crippen molar-refractivity contribution in [2.45, 2.75) is 302 Å². The molecule has 0 spiro atoms. The van der Waals surface area contributed by atoms with Crippen molar-refractivity contribution in [3.63, 3.8) is 0 Å². The lowest BCUT2D eigenvalue weighted by atomic mass is 10.0. The Kier molecular flexibility index (Phi) is 47.0. The lowest BCUT2D eigenvalue weighted by Crippen LogP contribution is -2.46. The maximum absolute atomic E-state index is 13.2. The molecule has 6 heteroatoms. The van der Waals surface area contributed by atoms with E-state index in [2.05, 4.69) is 50.4 Å². The molecule has 0 aromatic carbocycles. The second kappa shape index (κ2) is 48.4. The van der Waals surface area contributed by atoms with Gasteiger partial charge in [-0.3, -0.25) is 9.59 Å². The summed E-state index contributed by atoms with van der Waals surface area (Å²) in [5.74, 6) is -0.480. The molecular formula is C54H103NO5. The van der Waals surface area contributed by atoms with Gasteiger partial charge >= 0.3 is 5.97 Å². The Hall–Kier alpha value is -1.66. The molecule has 3 atom stereocenters. The van der Waals surface area contributed by atoms with E-state index in [4.69, 9.17) is 4.74 Å². The fourth-order valence-corrected chi connectivity index (χ4v) is 8.25. The van der Waals surface area contributed by atoms with Gasteiger partial charge in [0.15, 0.2) is 0 Å². The van der Waals surface area contributed by atoms with Gasteiger partial charge in [0.1, 0.15) is 6.10 Å². The average molecular weight is 846 g/mol. The SMILES string of the molecule is CCCCC/C=C/C=C/CCCCCCC(CC(=O)NC(CO)C(O)CCCCCCCCCCCCCCCCC)OC(=O)CCCCCCCCCCCCCCC. The maximum atomic E-state index is 13.2. The molecule has 0 fully saturated rings. The number of carbonyl (C=O) groups excluding carboxylic acids is 2. The summed E-state index contributed by atoms with van der Waals surface area (Å²) in [5.41, 5.74) is 0. The highest BCUT2D eigenvalue weighted by Gasteiger charge is 2.24. The van der Waals surface area contributed by atoms with Gasteiger partial charge in [-0.2, -0.15) is 0 Å². The highest BCUT2D eigenvalue weighted by molar-refractivity contribution is 5.77. The molecule has 354 valence electrons. The molecule has 0 aromatic heterocycles. The minimum absolute atomic E-state index is 0.0693. The van der Waals surface area contributed by atoms with Crippen LogP contribution in [0.4, 0.5) is 0 Å². The Balaban J connectivity index is 4.54. The molecule has 3 unspecified atom stereocenters. The number of amides is 1. The third-order valence-corrected chi connectivity index (χ3v) is 12.3. The average Bonchev–Trinajstić information content (AvgIpc) is 3.24. The highest BCUT2D eigenvalue weighted by atomic mass is 16.5. The number of aliphatic hydroxyl groups excluding tert-OH is 2. The highest BCUT2D eigenvalue weighted by Crippen LogP contribution is 2.18. The van der Waals surface area contributed by atoms with Crippen molar-refractivity contribution in [2.75, 3.05) is 6.61 Å². The first-order chi connectivity index (χ1) is 29.5. The molecule has 1 amide bonds. The Bertz CT molecular complexity index is 950. The monoisotopic (exact) mass is 846 g/mol. The molecule has 0 saturated heterocycles. The van der Waals surface area contributed by atoms with Crippen molar-refractivity contribution in [1.82, 2.24) is 5.32 Å². The van der Waals surface area contributed by atoms with Crippen LogP contribution < -0.4 is 5.32 Å². The number of nitrogens with one attached hydrogen (secondary N) is 1. The minimum atomic E-state index is -0.789. The Morgan fingerprint density at radius 1 is 0.483 bits per heavy atom. The van der Waals surface area contributed by atoms with Crippen LogP contribution in [0.5, 0.6) is 0 Å². The number of aliphatic hydroxyl groups is 2. The second-order valence-electron chi connectivity index (χ2n) is 18.3. The third kappa shape index (κ3) is 43.0. The van der Waals surface area contributed by atoms with Gasteiger partial charge in [0, 0.05) is 6.42 Å². The predicted octanol–water partition coefficient (Wildman–Crippen LogP) is 15.9. The van der Waals surface area contributed by atoms with Crippen molar-refractivity contribution in [3.8, 4) is 0 Å². The summed E-state index contributed by atoms with van der Waals surface area (Å²) in [5, 5.41) is 23.8. The fraction of sp³-hybridized carbons (Fsp3) is 0.889. The fourth-order valence-electron chi connectivity index (χ4n) is 8.25. The van der Waals surface area contributed by atoms with Crippen LogP contribution in [-0.4, -0.2) is 46.9 Å². The summed E-state index contributed by atoms with van der Waals surface area (Å²) < 4.78 is 5.93. The maximum Gasteiger partial charge on any atom is 0.306 e. The van der Waals surface area contributed by atoms with Crippen LogP contribution in [0, 0.1) is 0 Å². The Morgan fingerprint density at radius 3 is 1.27 bits per heavy atom. The van der Waals surface area contributed by atoms with E-state index in [1.54, 1.807) is 0 Å². The first kappa shape index (κ1) is 58.3. The number of hydrogen-bond donors (Lipinski definition) is 3. The molecule has 0 aliphatic carbocycles. The molecule has 6 nitrogen and oxygen atoms in total. The van der Waals surface area contributed by atoms with E-state index >= 15 is 0 Å². The number of esters is 1.